The van der Waals surface area contributed by atoms with Gasteiger partial charge in [-0.3, -0.25) is 14.4 Å². The Bertz CT molecular complexity index is 831. The average Bonchev–Trinajstić information content (AvgIpc) is 2.66. The molecular formula is C21H24N2O5. The molecule has 2 aromatic rings. The lowest BCUT2D eigenvalue weighted by atomic mass is 10.1. The van der Waals surface area contributed by atoms with Crippen LogP contribution in [0.15, 0.2) is 48.5 Å². The lowest BCUT2D eigenvalue weighted by Gasteiger charge is -2.10. The predicted molar refractivity (Wildman–Crippen MR) is 106 cm³/mol. The summed E-state index contributed by atoms with van der Waals surface area (Å²) in [4.78, 5) is 34.5. The maximum Gasteiger partial charge on any atom is 0.322 e. The highest BCUT2D eigenvalue weighted by atomic mass is 16.5. The van der Waals surface area contributed by atoms with Crippen LogP contribution in [0, 0.1) is 5.92 Å². The Kier molecular flexibility index (Phi) is 7.56. The first-order valence-corrected chi connectivity index (χ1v) is 8.95. The van der Waals surface area contributed by atoms with Gasteiger partial charge in [-0.05, 0) is 41.8 Å². The maximum atomic E-state index is 12.4. The molecular weight excluding hydrogens is 360 g/mol. The summed E-state index contributed by atoms with van der Waals surface area (Å²) >= 11 is 0. The Morgan fingerprint density at radius 2 is 1.79 bits per heavy atom. The number of rotatable bonds is 9. The summed E-state index contributed by atoms with van der Waals surface area (Å²) < 4.78 is 5.64. The second-order valence-corrected chi connectivity index (χ2v) is 6.73. The van der Waals surface area contributed by atoms with E-state index in [4.69, 9.17) is 9.84 Å². The third-order valence-electron chi connectivity index (χ3n) is 3.69. The second-order valence-electron chi connectivity index (χ2n) is 6.73. The summed E-state index contributed by atoms with van der Waals surface area (Å²) in [5, 5.41) is 13.7. The molecule has 0 saturated carbocycles. The molecule has 0 saturated heterocycles. The molecule has 0 bridgehead atoms. The summed E-state index contributed by atoms with van der Waals surface area (Å²) in [5.41, 5.74) is 1.79. The fraction of sp³-hybridized carbons (Fsp3) is 0.286. The van der Waals surface area contributed by atoms with Crippen molar-refractivity contribution in [2.45, 2.75) is 20.3 Å². The maximum absolute atomic E-state index is 12.4. The molecule has 2 rings (SSSR count). The number of anilines is 1. The lowest BCUT2D eigenvalue weighted by molar-refractivity contribution is -0.137. The molecule has 3 N–H and O–H groups in total. The van der Waals surface area contributed by atoms with Crippen molar-refractivity contribution in [2.75, 3.05) is 18.5 Å². The zero-order valence-corrected chi connectivity index (χ0v) is 15.9. The van der Waals surface area contributed by atoms with Gasteiger partial charge in [-0.1, -0.05) is 32.0 Å². The minimum Gasteiger partial charge on any atom is -0.493 e. The van der Waals surface area contributed by atoms with Crippen LogP contribution in [0.1, 0.15) is 29.8 Å². The Balaban J connectivity index is 1.93. The number of carbonyl (C=O) groups excluding carboxylic acids is 2. The first-order valence-electron chi connectivity index (χ1n) is 8.95. The number of benzene rings is 2. The first-order chi connectivity index (χ1) is 13.3. The van der Waals surface area contributed by atoms with Crippen molar-refractivity contribution >= 4 is 23.5 Å². The van der Waals surface area contributed by atoms with Gasteiger partial charge in [0.2, 0.25) is 5.91 Å². The molecule has 28 heavy (non-hydrogen) atoms. The van der Waals surface area contributed by atoms with E-state index in [-0.39, 0.29) is 18.2 Å². The monoisotopic (exact) mass is 384 g/mol. The van der Waals surface area contributed by atoms with Crippen LogP contribution in [0.5, 0.6) is 5.75 Å². The van der Waals surface area contributed by atoms with Crippen LogP contribution < -0.4 is 15.4 Å². The van der Waals surface area contributed by atoms with E-state index in [9.17, 15) is 14.4 Å². The number of hydrogen-bond acceptors (Lipinski definition) is 4. The first kappa shape index (κ1) is 21.0. The standard InChI is InChI=1S/C21H24N2O5/c1-14(2)13-28-18-5-3-4-16(11-18)21(27)23-17-8-6-15(7-9-17)10-19(24)22-12-20(25)26/h3-9,11,14H,10,12-13H2,1-2H3,(H,22,24)(H,23,27)(H,25,26). The average molecular weight is 384 g/mol. The molecule has 0 aliphatic carbocycles. The summed E-state index contributed by atoms with van der Waals surface area (Å²) in [5.74, 6) is -0.698. The molecule has 2 aromatic carbocycles. The molecule has 148 valence electrons. The molecule has 7 heteroatoms. The van der Waals surface area contributed by atoms with Gasteiger partial charge in [-0.15, -0.1) is 0 Å². The van der Waals surface area contributed by atoms with Crippen molar-refractivity contribution in [3.05, 3.63) is 59.7 Å². The number of carbonyl (C=O) groups is 3. The highest BCUT2D eigenvalue weighted by Gasteiger charge is 2.09. The second kappa shape index (κ2) is 10.1. The van der Waals surface area contributed by atoms with Crippen molar-refractivity contribution < 1.29 is 24.2 Å². The van der Waals surface area contributed by atoms with Crippen molar-refractivity contribution in [1.82, 2.24) is 5.32 Å². The molecule has 0 heterocycles. The van der Waals surface area contributed by atoms with Gasteiger partial charge in [0.15, 0.2) is 0 Å². The van der Waals surface area contributed by atoms with E-state index in [1.807, 2.05) is 6.07 Å². The van der Waals surface area contributed by atoms with E-state index in [0.717, 1.165) is 0 Å². The van der Waals surface area contributed by atoms with Crippen LogP contribution in [0.25, 0.3) is 0 Å². The van der Waals surface area contributed by atoms with E-state index in [1.54, 1.807) is 42.5 Å². The minimum atomic E-state index is -1.09. The molecule has 0 fully saturated rings. The summed E-state index contributed by atoms with van der Waals surface area (Å²) in [7, 11) is 0. The SMILES string of the molecule is CC(C)COc1cccc(C(=O)Nc2ccc(CC(=O)NCC(=O)O)cc2)c1. The zero-order chi connectivity index (χ0) is 20.5. The zero-order valence-electron chi connectivity index (χ0n) is 15.9. The van der Waals surface area contributed by atoms with E-state index < -0.39 is 12.5 Å². The largest absolute Gasteiger partial charge is 0.493 e. The van der Waals surface area contributed by atoms with Crippen LogP contribution in [-0.4, -0.2) is 36.0 Å². The number of aliphatic carboxylic acids is 1. The number of amides is 2. The van der Waals surface area contributed by atoms with Crippen LogP contribution in [0.2, 0.25) is 0 Å². The molecule has 0 atom stereocenters. The predicted octanol–water partition coefficient (Wildman–Crippen LogP) is 2.72. The molecule has 0 radical (unpaired) electrons. The van der Waals surface area contributed by atoms with Gasteiger partial charge >= 0.3 is 5.97 Å². The fourth-order valence-electron chi connectivity index (χ4n) is 2.32. The summed E-state index contributed by atoms with van der Waals surface area (Å²) in [6.07, 6.45) is 0.0662. The smallest absolute Gasteiger partial charge is 0.322 e. The van der Waals surface area contributed by atoms with Crippen molar-refractivity contribution in [3.63, 3.8) is 0 Å². The number of ether oxygens (including phenoxy) is 1. The van der Waals surface area contributed by atoms with Crippen LogP contribution in [-0.2, 0) is 16.0 Å². The Hall–Kier alpha value is -3.35. The van der Waals surface area contributed by atoms with E-state index in [1.165, 1.54) is 0 Å². The molecule has 0 unspecified atom stereocenters. The van der Waals surface area contributed by atoms with Gasteiger partial charge < -0.3 is 20.5 Å². The molecule has 7 nitrogen and oxygen atoms in total. The highest BCUT2D eigenvalue weighted by Crippen LogP contribution is 2.17. The Labute approximate surface area is 163 Å². The molecule has 0 spiro atoms. The lowest BCUT2D eigenvalue weighted by Crippen LogP contribution is -2.30. The van der Waals surface area contributed by atoms with E-state index in [2.05, 4.69) is 24.5 Å². The number of hydrogen-bond donors (Lipinski definition) is 3. The normalized spacial score (nSPS) is 10.4. The topological polar surface area (TPSA) is 105 Å². The van der Waals surface area contributed by atoms with E-state index >= 15 is 0 Å². The number of carboxylic acids is 1. The van der Waals surface area contributed by atoms with Gasteiger partial charge in [0.1, 0.15) is 12.3 Å². The minimum absolute atomic E-state index is 0.0662. The summed E-state index contributed by atoms with van der Waals surface area (Å²) in [6, 6.07) is 13.8. The van der Waals surface area contributed by atoms with Gasteiger partial charge in [0, 0.05) is 11.3 Å². The van der Waals surface area contributed by atoms with Gasteiger partial charge in [-0.2, -0.15) is 0 Å². The number of nitrogens with one attached hydrogen (secondary N) is 2. The van der Waals surface area contributed by atoms with E-state index in [0.29, 0.717) is 35.1 Å². The van der Waals surface area contributed by atoms with Crippen molar-refractivity contribution in [2.24, 2.45) is 5.92 Å². The Morgan fingerprint density at radius 3 is 2.43 bits per heavy atom. The quantitative estimate of drug-likeness (QED) is 0.617. The van der Waals surface area contributed by atoms with Crippen LogP contribution >= 0.6 is 0 Å². The molecule has 2 amide bonds. The third kappa shape index (κ3) is 7.11. The van der Waals surface area contributed by atoms with Crippen LogP contribution in [0.4, 0.5) is 5.69 Å². The van der Waals surface area contributed by atoms with Gasteiger partial charge in [0.25, 0.3) is 5.91 Å². The van der Waals surface area contributed by atoms with Crippen molar-refractivity contribution in [1.29, 1.82) is 0 Å². The summed E-state index contributed by atoms with van der Waals surface area (Å²) in [6.45, 7) is 4.27. The van der Waals surface area contributed by atoms with Gasteiger partial charge in [0.05, 0.1) is 13.0 Å². The van der Waals surface area contributed by atoms with Crippen LogP contribution in [0.3, 0.4) is 0 Å². The fourth-order valence-corrected chi connectivity index (χ4v) is 2.32. The number of carboxylic acid groups (broad SMARTS) is 1. The Morgan fingerprint density at radius 1 is 1.07 bits per heavy atom. The third-order valence-corrected chi connectivity index (χ3v) is 3.69. The van der Waals surface area contributed by atoms with Gasteiger partial charge in [-0.25, -0.2) is 0 Å². The molecule has 0 aromatic heterocycles. The van der Waals surface area contributed by atoms with Crippen molar-refractivity contribution in [3.8, 4) is 5.75 Å². The highest BCUT2D eigenvalue weighted by molar-refractivity contribution is 6.04. The molecule has 0 aliphatic rings. The molecule has 0 aliphatic heterocycles.